The van der Waals surface area contributed by atoms with Gasteiger partial charge in [-0.3, -0.25) is 13.8 Å². The van der Waals surface area contributed by atoms with Gasteiger partial charge in [0.15, 0.2) is 0 Å². The summed E-state index contributed by atoms with van der Waals surface area (Å²) in [4.78, 5) is 22.6. The Bertz CT molecular complexity index is 1210. The Morgan fingerprint density at radius 1 is 0.484 bits per heavy atom. The molecule has 0 aliphatic rings. The van der Waals surface area contributed by atoms with Crippen molar-refractivity contribution in [1.82, 2.24) is 0 Å². The monoisotopic (exact) mass is 918 g/mol. The number of ether oxygens (including phenoxy) is 2. The molecule has 372 valence electrons. The maximum Gasteiger partial charge on any atom is 0.472 e. The molecule has 0 fully saturated rings. The van der Waals surface area contributed by atoms with Crippen molar-refractivity contribution in [2.45, 2.75) is 238 Å². The first-order valence-corrected chi connectivity index (χ1v) is 27.9. The van der Waals surface area contributed by atoms with E-state index in [0.717, 1.165) is 70.6 Å². The van der Waals surface area contributed by atoms with Crippen LogP contribution in [0.1, 0.15) is 232 Å². The van der Waals surface area contributed by atoms with Crippen molar-refractivity contribution in [3.05, 3.63) is 72.9 Å². The molecule has 0 rings (SSSR count). The highest BCUT2D eigenvalue weighted by molar-refractivity contribution is 7.47. The first-order valence-electron chi connectivity index (χ1n) is 26.4. The van der Waals surface area contributed by atoms with E-state index in [1.54, 1.807) is 0 Å². The van der Waals surface area contributed by atoms with Crippen LogP contribution >= 0.6 is 7.82 Å². The fourth-order valence-electron chi connectivity index (χ4n) is 7.25. The molecule has 3 N–H and O–H groups in total. The molecule has 8 nitrogen and oxygen atoms in total. The number of phosphoric ester groups is 1. The number of hydrogen-bond acceptors (Lipinski definition) is 7. The van der Waals surface area contributed by atoms with Crippen LogP contribution in [-0.4, -0.2) is 49.9 Å². The fraction of sp³-hybridized carbons (Fsp3) is 0.764. The Morgan fingerprint density at radius 3 is 1.33 bits per heavy atom. The predicted molar refractivity (Wildman–Crippen MR) is 275 cm³/mol. The molecule has 0 aromatic carbocycles. The molecule has 0 heterocycles. The van der Waals surface area contributed by atoms with E-state index in [9.17, 15) is 14.3 Å². The first kappa shape index (κ1) is 61.9. The van der Waals surface area contributed by atoms with Crippen molar-refractivity contribution in [3.8, 4) is 0 Å². The van der Waals surface area contributed by atoms with E-state index in [4.69, 9.17) is 24.3 Å². The molecule has 0 saturated heterocycles. The van der Waals surface area contributed by atoms with Gasteiger partial charge < -0.3 is 20.1 Å². The number of hydrogen-bond donors (Lipinski definition) is 2. The summed E-state index contributed by atoms with van der Waals surface area (Å²) in [7, 11) is -4.29. The lowest BCUT2D eigenvalue weighted by atomic mass is 10.1. The second-order valence-corrected chi connectivity index (χ2v) is 18.8. The number of esters is 1. The third-order valence-corrected chi connectivity index (χ3v) is 12.1. The summed E-state index contributed by atoms with van der Waals surface area (Å²) in [6, 6.07) is 0. The zero-order chi connectivity index (χ0) is 46.5. The molecule has 0 aromatic rings. The maximum atomic E-state index is 12.7. The number of allylic oxidation sites excluding steroid dienone is 12. The lowest BCUT2D eigenvalue weighted by molar-refractivity contribution is -0.154. The molecule has 0 aromatic heterocycles. The molecule has 0 saturated carbocycles. The minimum absolute atomic E-state index is 0.0958. The van der Waals surface area contributed by atoms with E-state index in [1.807, 2.05) is 0 Å². The summed E-state index contributed by atoms with van der Waals surface area (Å²) in [6.45, 7) is 4.80. The topological polar surface area (TPSA) is 117 Å². The van der Waals surface area contributed by atoms with E-state index in [0.29, 0.717) is 13.0 Å². The summed E-state index contributed by atoms with van der Waals surface area (Å²) < 4.78 is 33.6. The third-order valence-electron chi connectivity index (χ3n) is 11.1. The van der Waals surface area contributed by atoms with Crippen molar-refractivity contribution < 1.29 is 32.8 Å². The molecule has 0 spiro atoms. The minimum atomic E-state index is -4.29. The van der Waals surface area contributed by atoms with Gasteiger partial charge in [0, 0.05) is 19.6 Å². The molecule has 0 amide bonds. The van der Waals surface area contributed by atoms with Crippen LogP contribution in [0.2, 0.25) is 0 Å². The lowest BCUT2D eigenvalue weighted by Gasteiger charge is -2.20. The Labute approximate surface area is 395 Å². The highest BCUT2D eigenvalue weighted by Crippen LogP contribution is 2.43. The van der Waals surface area contributed by atoms with Crippen LogP contribution in [0.4, 0.5) is 0 Å². The van der Waals surface area contributed by atoms with Crippen LogP contribution in [-0.2, 0) is 27.9 Å². The van der Waals surface area contributed by atoms with Gasteiger partial charge in [0.25, 0.3) is 0 Å². The predicted octanol–water partition coefficient (Wildman–Crippen LogP) is 16.6. The van der Waals surface area contributed by atoms with Crippen LogP contribution in [0.15, 0.2) is 72.9 Å². The Kier molecular flexibility index (Phi) is 50.2. The SMILES string of the molecule is CC/C=C\C/C=C\C/C=C\C/C=C\C/C=C\CCCCCCCCCCOCC(COP(=O)(O)OCCN)OC(=O)CCCCCCCCCCC/C=C\CCCCCCCCCC. The number of nitrogens with two attached hydrogens (primary N) is 1. The van der Waals surface area contributed by atoms with Gasteiger partial charge in [-0.1, -0.05) is 215 Å². The van der Waals surface area contributed by atoms with Crippen molar-refractivity contribution in [1.29, 1.82) is 0 Å². The van der Waals surface area contributed by atoms with E-state index in [2.05, 4.69) is 86.8 Å². The summed E-state index contributed by atoms with van der Waals surface area (Å²) in [5.41, 5.74) is 5.39. The summed E-state index contributed by atoms with van der Waals surface area (Å²) in [5, 5.41) is 0. The lowest BCUT2D eigenvalue weighted by Crippen LogP contribution is -2.28. The quantitative estimate of drug-likeness (QED) is 0.0268. The zero-order valence-electron chi connectivity index (χ0n) is 41.5. The summed E-state index contributed by atoms with van der Waals surface area (Å²) in [5.74, 6) is -0.336. The molecular formula is C55H100NO7P. The number of carbonyl (C=O) groups is 1. The minimum Gasteiger partial charge on any atom is -0.457 e. The standard InChI is InChI=1S/C55H100NO7P/c1-3-5-7-9-11-13-15-17-19-21-23-25-26-27-29-31-33-35-37-39-41-43-45-47-50-60-52-54(53-62-64(58,59)61-51-49-56)63-55(57)48-46-44-42-40-38-36-34-32-30-28-24-22-20-18-16-14-12-10-8-6-4-2/h5,7,11,13,17,19,22-25,27,29,54H,3-4,6,8-10,12,14-16,18,20-21,26,28,30-53,56H2,1-2H3,(H,58,59)/b7-5-,13-11-,19-17-,24-22-,25-23-,29-27-. The molecule has 64 heavy (non-hydrogen) atoms. The number of unbranched alkanes of at least 4 members (excludes halogenated alkanes) is 25. The van der Waals surface area contributed by atoms with Crippen LogP contribution < -0.4 is 5.73 Å². The van der Waals surface area contributed by atoms with Crippen LogP contribution in [0.3, 0.4) is 0 Å². The van der Waals surface area contributed by atoms with Gasteiger partial charge >= 0.3 is 13.8 Å². The number of rotatable bonds is 50. The van der Waals surface area contributed by atoms with Gasteiger partial charge in [0.05, 0.1) is 19.8 Å². The molecular weight excluding hydrogens is 818 g/mol. The molecule has 9 heteroatoms. The number of carbonyl (C=O) groups excluding carboxylic acids is 1. The molecule has 0 radical (unpaired) electrons. The van der Waals surface area contributed by atoms with Crippen molar-refractivity contribution in [3.63, 3.8) is 0 Å². The molecule has 0 bridgehead atoms. The van der Waals surface area contributed by atoms with Crippen LogP contribution in [0, 0.1) is 0 Å². The van der Waals surface area contributed by atoms with Gasteiger partial charge in [-0.05, 0) is 83.5 Å². The van der Waals surface area contributed by atoms with Gasteiger partial charge in [0.1, 0.15) is 6.10 Å². The highest BCUT2D eigenvalue weighted by Gasteiger charge is 2.25. The van der Waals surface area contributed by atoms with Gasteiger partial charge in [-0.15, -0.1) is 0 Å². The third kappa shape index (κ3) is 50.9. The van der Waals surface area contributed by atoms with Gasteiger partial charge in [0.2, 0.25) is 0 Å². The van der Waals surface area contributed by atoms with Crippen molar-refractivity contribution in [2.24, 2.45) is 5.73 Å². The van der Waals surface area contributed by atoms with E-state index < -0.39 is 13.9 Å². The largest absolute Gasteiger partial charge is 0.472 e. The van der Waals surface area contributed by atoms with Crippen molar-refractivity contribution >= 4 is 13.8 Å². The maximum absolute atomic E-state index is 12.7. The first-order chi connectivity index (χ1) is 31.4. The molecule has 0 aliphatic carbocycles. The zero-order valence-corrected chi connectivity index (χ0v) is 42.4. The Hall–Kier alpha value is -2.06. The normalized spacial score (nSPS) is 13.9. The molecule has 2 atom stereocenters. The van der Waals surface area contributed by atoms with Gasteiger partial charge in [-0.25, -0.2) is 4.57 Å². The Balaban J connectivity index is 3.96. The summed E-state index contributed by atoms with van der Waals surface area (Å²) in [6.07, 6.45) is 66.5. The highest BCUT2D eigenvalue weighted by atomic mass is 31.2. The number of phosphoric acid groups is 1. The summed E-state index contributed by atoms with van der Waals surface area (Å²) >= 11 is 0. The fourth-order valence-corrected chi connectivity index (χ4v) is 8.02. The average Bonchev–Trinajstić information content (AvgIpc) is 3.29. The van der Waals surface area contributed by atoms with Crippen LogP contribution in [0.5, 0.6) is 0 Å². The smallest absolute Gasteiger partial charge is 0.457 e. The molecule has 0 aliphatic heterocycles. The van der Waals surface area contributed by atoms with E-state index in [1.165, 1.54) is 141 Å². The van der Waals surface area contributed by atoms with Gasteiger partial charge in [-0.2, -0.15) is 0 Å². The van der Waals surface area contributed by atoms with E-state index in [-0.39, 0.29) is 32.3 Å². The van der Waals surface area contributed by atoms with Crippen molar-refractivity contribution in [2.75, 3.05) is 33.0 Å². The average molecular weight is 918 g/mol. The second kappa shape index (κ2) is 51.9. The second-order valence-electron chi connectivity index (χ2n) is 17.4. The van der Waals surface area contributed by atoms with Crippen LogP contribution in [0.25, 0.3) is 0 Å². The Morgan fingerprint density at radius 2 is 0.875 bits per heavy atom. The van der Waals surface area contributed by atoms with E-state index >= 15 is 0 Å². The molecule has 2 unspecified atom stereocenters.